The van der Waals surface area contributed by atoms with E-state index < -0.39 is 0 Å². The molecule has 2 atom stereocenters. The van der Waals surface area contributed by atoms with Crippen LogP contribution in [0.5, 0.6) is 5.75 Å². The fourth-order valence-electron chi connectivity index (χ4n) is 2.32. The van der Waals surface area contributed by atoms with E-state index in [1.54, 1.807) is 12.1 Å². The summed E-state index contributed by atoms with van der Waals surface area (Å²) in [5, 5.41) is 12.6. The molecule has 1 saturated heterocycles. The molecule has 0 spiro atoms. The SMILES string of the molecule is COC(=O)[C@H]1C[C@@H](c2cccc(O)c2)CCN1. The molecule has 92 valence electrons. The van der Waals surface area contributed by atoms with Crippen LogP contribution in [-0.2, 0) is 9.53 Å². The highest BCUT2D eigenvalue weighted by Gasteiger charge is 2.28. The summed E-state index contributed by atoms with van der Waals surface area (Å²) >= 11 is 0. The van der Waals surface area contributed by atoms with Gasteiger partial charge in [0.05, 0.1) is 7.11 Å². The van der Waals surface area contributed by atoms with Crippen molar-refractivity contribution in [2.45, 2.75) is 24.8 Å². The standard InChI is InChI=1S/C13H17NO3/c1-17-13(16)12-8-10(5-6-14-12)9-3-2-4-11(15)7-9/h2-4,7,10,12,14-15H,5-6,8H2,1H3/t10-,12+/m0/s1. The van der Waals surface area contributed by atoms with E-state index in [0.717, 1.165) is 24.9 Å². The summed E-state index contributed by atoms with van der Waals surface area (Å²) in [6, 6.07) is 7.01. The van der Waals surface area contributed by atoms with Gasteiger partial charge in [0, 0.05) is 0 Å². The van der Waals surface area contributed by atoms with Gasteiger partial charge in [0.1, 0.15) is 11.8 Å². The van der Waals surface area contributed by atoms with Crippen LogP contribution >= 0.6 is 0 Å². The van der Waals surface area contributed by atoms with Crippen molar-refractivity contribution in [1.82, 2.24) is 5.32 Å². The molecule has 4 heteroatoms. The highest BCUT2D eigenvalue weighted by molar-refractivity contribution is 5.75. The largest absolute Gasteiger partial charge is 0.508 e. The summed E-state index contributed by atoms with van der Waals surface area (Å²) in [7, 11) is 1.40. The van der Waals surface area contributed by atoms with Gasteiger partial charge in [-0.1, -0.05) is 12.1 Å². The van der Waals surface area contributed by atoms with Crippen LogP contribution in [0.3, 0.4) is 0 Å². The Morgan fingerprint density at radius 3 is 3.06 bits per heavy atom. The van der Waals surface area contributed by atoms with Crippen LogP contribution in [-0.4, -0.2) is 30.8 Å². The van der Waals surface area contributed by atoms with E-state index in [1.807, 2.05) is 12.1 Å². The van der Waals surface area contributed by atoms with Crippen molar-refractivity contribution in [3.05, 3.63) is 29.8 Å². The molecule has 0 unspecified atom stereocenters. The lowest BCUT2D eigenvalue weighted by Crippen LogP contribution is -2.43. The molecule has 0 radical (unpaired) electrons. The third kappa shape index (κ3) is 2.77. The lowest BCUT2D eigenvalue weighted by atomic mass is 9.86. The van der Waals surface area contributed by atoms with Gasteiger partial charge in [0.2, 0.25) is 0 Å². The molecule has 17 heavy (non-hydrogen) atoms. The van der Waals surface area contributed by atoms with Gasteiger partial charge in [-0.2, -0.15) is 0 Å². The highest BCUT2D eigenvalue weighted by Crippen LogP contribution is 2.29. The van der Waals surface area contributed by atoms with Crippen LogP contribution < -0.4 is 5.32 Å². The molecule has 0 bridgehead atoms. The first-order valence-electron chi connectivity index (χ1n) is 5.81. The molecule has 0 amide bonds. The second-order valence-electron chi connectivity index (χ2n) is 4.35. The van der Waals surface area contributed by atoms with Crippen molar-refractivity contribution in [1.29, 1.82) is 0 Å². The summed E-state index contributed by atoms with van der Waals surface area (Å²) in [5.74, 6) is 0.359. The molecule has 0 aromatic heterocycles. The third-order valence-corrected chi connectivity index (χ3v) is 3.23. The van der Waals surface area contributed by atoms with E-state index in [4.69, 9.17) is 4.74 Å². The number of piperidine rings is 1. The maximum absolute atomic E-state index is 11.5. The molecule has 1 fully saturated rings. The molecule has 0 saturated carbocycles. The first kappa shape index (κ1) is 11.9. The van der Waals surface area contributed by atoms with Gasteiger partial charge in [0.15, 0.2) is 0 Å². The summed E-state index contributed by atoms with van der Waals surface area (Å²) in [5.41, 5.74) is 1.08. The Morgan fingerprint density at radius 1 is 1.53 bits per heavy atom. The number of carbonyl (C=O) groups excluding carboxylic acids is 1. The van der Waals surface area contributed by atoms with Crippen molar-refractivity contribution in [2.24, 2.45) is 0 Å². The normalized spacial score (nSPS) is 24.3. The van der Waals surface area contributed by atoms with Crippen LogP contribution in [0.15, 0.2) is 24.3 Å². The smallest absolute Gasteiger partial charge is 0.322 e. The zero-order chi connectivity index (χ0) is 12.3. The van der Waals surface area contributed by atoms with Crippen molar-refractivity contribution in [2.75, 3.05) is 13.7 Å². The van der Waals surface area contributed by atoms with E-state index in [9.17, 15) is 9.90 Å². The zero-order valence-electron chi connectivity index (χ0n) is 9.85. The number of nitrogens with one attached hydrogen (secondary N) is 1. The van der Waals surface area contributed by atoms with Crippen LogP contribution in [0.4, 0.5) is 0 Å². The molecule has 0 aliphatic carbocycles. The van der Waals surface area contributed by atoms with Gasteiger partial charge in [-0.25, -0.2) is 0 Å². The van der Waals surface area contributed by atoms with E-state index in [1.165, 1.54) is 7.11 Å². The lowest BCUT2D eigenvalue weighted by Gasteiger charge is -2.28. The summed E-state index contributed by atoms with van der Waals surface area (Å²) < 4.78 is 4.75. The Labute approximate surface area is 101 Å². The number of aromatic hydroxyl groups is 1. The Balaban J connectivity index is 2.09. The predicted octanol–water partition coefficient (Wildman–Crippen LogP) is 1.40. The number of hydrogen-bond acceptors (Lipinski definition) is 4. The van der Waals surface area contributed by atoms with Crippen LogP contribution in [0.25, 0.3) is 0 Å². The minimum absolute atomic E-state index is 0.213. The predicted molar refractivity (Wildman–Crippen MR) is 63.9 cm³/mol. The Bertz CT molecular complexity index is 405. The van der Waals surface area contributed by atoms with E-state index in [0.29, 0.717) is 5.92 Å². The van der Waals surface area contributed by atoms with Crippen molar-refractivity contribution in [3.63, 3.8) is 0 Å². The number of hydrogen-bond donors (Lipinski definition) is 2. The number of phenolic OH excluding ortho intramolecular Hbond substituents is 1. The first-order chi connectivity index (χ1) is 8.20. The fourth-order valence-corrected chi connectivity index (χ4v) is 2.32. The minimum atomic E-state index is -0.235. The van der Waals surface area contributed by atoms with Crippen LogP contribution in [0, 0.1) is 0 Å². The molecular formula is C13H17NO3. The Hall–Kier alpha value is -1.55. The topological polar surface area (TPSA) is 58.6 Å². The number of esters is 1. The van der Waals surface area contributed by atoms with Gasteiger partial charge in [0.25, 0.3) is 0 Å². The van der Waals surface area contributed by atoms with Crippen LogP contribution in [0.1, 0.15) is 24.3 Å². The van der Waals surface area contributed by atoms with Crippen LogP contribution in [0.2, 0.25) is 0 Å². The maximum atomic E-state index is 11.5. The average molecular weight is 235 g/mol. The van der Waals surface area contributed by atoms with E-state index >= 15 is 0 Å². The second kappa shape index (κ2) is 5.19. The van der Waals surface area contributed by atoms with Gasteiger partial charge >= 0.3 is 5.97 Å². The molecule has 4 nitrogen and oxygen atoms in total. The highest BCUT2D eigenvalue weighted by atomic mass is 16.5. The number of rotatable bonds is 2. The Kier molecular flexibility index (Phi) is 3.64. The van der Waals surface area contributed by atoms with Gasteiger partial charge in [-0.05, 0) is 43.0 Å². The molecule has 1 aliphatic rings. The molecule has 1 heterocycles. The monoisotopic (exact) mass is 235 g/mol. The van der Waals surface area contributed by atoms with Crippen molar-refractivity contribution in [3.8, 4) is 5.75 Å². The lowest BCUT2D eigenvalue weighted by molar-refractivity contribution is -0.143. The van der Waals surface area contributed by atoms with Gasteiger partial charge in [-0.3, -0.25) is 4.79 Å². The summed E-state index contributed by atoms with van der Waals surface area (Å²) in [6.45, 7) is 0.792. The molecular weight excluding hydrogens is 218 g/mol. The number of phenols is 1. The second-order valence-corrected chi connectivity index (χ2v) is 4.35. The maximum Gasteiger partial charge on any atom is 0.322 e. The van der Waals surface area contributed by atoms with Gasteiger partial charge < -0.3 is 15.2 Å². The number of methoxy groups -OCH3 is 1. The van der Waals surface area contributed by atoms with Gasteiger partial charge in [-0.15, -0.1) is 0 Å². The average Bonchev–Trinajstić information content (AvgIpc) is 2.38. The zero-order valence-corrected chi connectivity index (χ0v) is 9.85. The molecule has 1 aromatic carbocycles. The van der Waals surface area contributed by atoms with E-state index in [2.05, 4.69) is 5.32 Å². The summed E-state index contributed by atoms with van der Waals surface area (Å²) in [6.07, 6.45) is 1.69. The number of carbonyl (C=O) groups is 1. The number of ether oxygens (including phenoxy) is 1. The fraction of sp³-hybridized carbons (Fsp3) is 0.462. The molecule has 2 rings (SSSR count). The van der Waals surface area contributed by atoms with E-state index in [-0.39, 0.29) is 17.8 Å². The Morgan fingerprint density at radius 2 is 2.35 bits per heavy atom. The van der Waals surface area contributed by atoms with Crippen molar-refractivity contribution >= 4 is 5.97 Å². The third-order valence-electron chi connectivity index (χ3n) is 3.23. The number of benzene rings is 1. The molecule has 2 N–H and O–H groups in total. The summed E-state index contributed by atoms with van der Waals surface area (Å²) in [4.78, 5) is 11.5. The first-order valence-corrected chi connectivity index (χ1v) is 5.81. The quantitative estimate of drug-likeness (QED) is 0.761. The minimum Gasteiger partial charge on any atom is -0.508 e. The van der Waals surface area contributed by atoms with Crippen molar-refractivity contribution < 1.29 is 14.6 Å². The molecule has 1 aromatic rings. The molecule has 1 aliphatic heterocycles.